The highest BCUT2D eigenvalue weighted by atomic mass is 32.2. The van der Waals surface area contributed by atoms with Crippen LogP contribution in [0, 0.1) is 5.92 Å². The first kappa shape index (κ1) is 22.5. The third-order valence-electron chi connectivity index (χ3n) is 5.27. The van der Waals surface area contributed by atoms with Crippen molar-refractivity contribution in [2.45, 2.75) is 50.9 Å². The number of hydrogen-bond acceptors (Lipinski definition) is 5. The van der Waals surface area contributed by atoms with E-state index in [-0.39, 0.29) is 0 Å². The van der Waals surface area contributed by atoms with Gasteiger partial charge in [-0.25, -0.2) is 0 Å². The molecular weight excluding hydrogens is 394 g/mol. The zero-order valence-electron chi connectivity index (χ0n) is 18.6. The van der Waals surface area contributed by atoms with Crippen LogP contribution in [0.1, 0.15) is 32.5 Å². The van der Waals surface area contributed by atoms with Gasteiger partial charge in [0.25, 0.3) is 0 Å². The summed E-state index contributed by atoms with van der Waals surface area (Å²) in [4.78, 5) is 6.83. The standard InChI is InChI=1S/C22H35N7S/c1-17(2)15-29-20(26-27-22(29)30-4)11-8-13-24-21(23-3)25-18-12-14-28(16-18)19-9-6-5-7-10-19/h5-7,9-10,17-18H,8,11-16H2,1-4H3,(H2,23,24,25). The predicted molar refractivity (Wildman–Crippen MR) is 127 cm³/mol. The van der Waals surface area contributed by atoms with Crippen molar-refractivity contribution >= 4 is 23.4 Å². The van der Waals surface area contributed by atoms with Crippen LogP contribution in [0.15, 0.2) is 40.5 Å². The molecule has 0 bridgehead atoms. The molecule has 1 atom stereocenters. The Kier molecular flexibility index (Phi) is 8.42. The maximum absolute atomic E-state index is 4.41. The van der Waals surface area contributed by atoms with Gasteiger partial charge in [0.05, 0.1) is 0 Å². The van der Waals surface area contributed by atoms with Crippen LogP contribution in [0.3, 0.4) is 0 Å². The number of rotatable bonds is 9. The predicted octanol–water partition coefficient (Wildman–Crippen LogP) is 3.03. The van der Waals surface area contributed by atoms with Gasteiger partial charge in [0.2, 0.25) is 0 Å². The molecule has 0 spiro atoms. The average molecular weight is 430 g/mol. The Bertz CT molecular complexity index is 803. The molecule has 1 aromatic carbocycles. The SMILES string of the molecule is CN=C(NCCCc1nnc(SC)n1CC(C)C)NC1CCN(c2ccccc2)C1. The maximum Gasteiger partial charge on any atom is 0.191 e. The number of nitrogens with zero attached hydrogens (tertiary/aromatic N) is 5. The van der Waals surface area contributed by atoms with Crippen molar-refractivity contribution in [2.75, 3.05) is 37.8 Å². The maximum atomic E-state index is 4.41. The van der Waals surface area contributed by atoms with Crippen molar-refractivity contribution < 1.29 is 0 Å². The van der Waals surface area contributed by atoms with E-state index < -0.39 is 0 Å². The molecule has 0 aliphatic carbocycles. The number of benzene rings is 1. The number of anilines is 1. The van der Waals surface area contributed by atoms with E-state index >= 15 is 0 Å². The minimum Gasteiger partial charge on any atom is -0.369 e. The molecule has 2 heterocycles. The smallest absolute Gasteiger partial charge is 0.191 e. The van der Waals surface area contributed by atoms with E-state index in [4.69, 9.17) is 0 Å². The number of aromatic nitrogens is 3. The fourth-order valence-corrected chi connectivity index (χ4v) is 4.32. The van der Waals surface area contributed by atoms with E-state index in [9.17, 15) is 0 Å². The van der Waals surface area contributed by atoms with Gasteiger partial charge >= 0.3 is 0 Å². The summed E-state index contributed by atoms with van der Waals surface area (Å²) in [6.45, 7) is 8.36. The summed E-state index contributed by atoms with van der Waals surface area (Å²) in [5.41, 5.74) is 1.29. The number of para-hydroxylation sites is 1. The van der Waals surface area contributed by atoms with Crippen LogP contribution in [0.5, 0.6) is 0 Å². The van der Waals surface area contributed by atoms with Gasteiger partial charge in [-0.05, 0) is 37.1 Å². The summed E-state index contributed by atoms with van der Waals surface area (Å²) in [6, 6.07) is 11.0. The molecule has 2 aromatic rings. The lowest BCUT2D eigenvalue weighted by Crippen LogP contribution is -2.44. The lowest BCUT2D eigenvalue weighted by Gasteiger charge is -2.20. The Hall–Kier alpha value is -2.22. The minimum atomic E-state index is 0.412. The molecule has 2 N–H and O–H groups in total. The van der Waals surface area contributed by atoms with Crippen molar-refractivity contribution in [3.05, 3.63) is 36.2 Å². The Morgan fingerprint density at radius 2 is 2.07 bits per heavy atom. The minimum absolute atomic E-state index is 0.412. The summed E-state index contributed by atoms with van der Waals surface area (Å²) >= 11 is 1.66. The Labute approximate surface area is 184 Å². The highest BCUT2D eigenvalue weighted by Crippen LogP contribution is 2.19. The summed E-state index contributed by atoms with van der Waals surface area (Å²) < 4.78 is 2.26. The molecule has 0 radical (unpaired) electrons. The van der Waals surface area contributed by atoms with Gasteiger partial charge in [-0.1, -0.05) is 43.8 Å². The van der Waals surface area contributed by atoms with Crippen LogP contribution >= 0.6 is 11.8 Å². The number of thioether (sulfide) groups is 1. The monoisotopic (exact) mass is 429 g/mol. The number of aryl methyl sites for hydroxylation is 1. The molecule has 0 amide bonds. The van der Waals surface area contributed by atoms with Crippen LogP contribution < -0.4 is 15.5 Å². The van der Waals surface area contributed by atoms with E-state index in [0.717, 1.165) is 62.4 Å². The van der Waals surface area contributed by atoms with Crippen LogP contribution in [0.2, 0.25) is 0 Å². The summed E-state index contributed by atoms with van der Waals surface area (Å²) in [5, 5.41) is 16.8. The van der Waals surface area contributed by atoms with Gasteiger partial charge in [0.1, 0.15) is 5.82 Å². The quantitative estimate of drug-likeness (QED) is 0.276. The van der Waals surface area contributed by atoms with Crippen molar-refractivity contribution in [2.24, 2.45) is 10.9 Å². The zero-order valence-corrected chi connectivity index (χ0v) is 19.5. The second kappa shape index (κ2) is 11.2. The van der Waals surface area contributed by atoms with Crippen LogP contribution in [-0.2, 0) is 13.0 Å². The summed E-state index contributed by atoms with van der Waals surface area (Å²) in [6.07, 6.45) is 5.08. The van der Waals surface area contributed by atoms with Crippen molar-refractivity contribution in [1.29, 1.82) is 0 Å². The van der Waals surface area contributed by atoms with E-state index in [1.165, 1.54) is 5.69 Å². The Morgan fingerprint density at radius 1 is 1.27 bits per heavy atom. The van der Waals surface area contributed by atoms with E-state index in [0.29, 0.717) is 12.0 Å². The lowest BCUT2D eigenvalue weighted by atomic mass is 10.2. The average Bonchev–Trinajstić information content (AvgIpc) is 3.37. The second-order valence-corrected chi connectivity index (χ2v) is 8.89. The molecule has 1 aliphatic rings. The van der Waals surface area contributed by atoms with Crippen LogP contribution in [0.25, 0.3) is 0 Å². The van der Waals surface area contributed by atoms with Gasteiger partial charge in [-0.2, -0.15) is 0 Å². The molecule has 0 saturated carbocycles. The molecular formula is C22H35N7S. The third-order valence-corrected chi connectivity index (χ3v) is 5.93. The van der Waals surface area contributed by atoms with Gasteiger partial charge in [0.15, 0.2) is 11.1 Å². The Balaban J connectivity index is 1.43. The largest absolute Gasteiger partial charge is 0.369 e. The summed E-state index contributed by atoms with van der Waals surface area (Å²) in [5.74, 6) is 2.53. The molecule has 164 valence electrons. The third kappa shape index (κ3) is 6.14. The molecule has 1 saturated heterocycles. The molecule has 1 unspecified atom stereocenters. The first-order valence-electron chi connectivity index (χ1n) is 10.8. The molecule has 1 aromatic heterocycles. The first-order valence-corrected chi connectivity index (χ1v) is 12.1. The van der Waals surface area contributed by atoms with Crippen molar-refractivity contribution in [3.8, 4) is 0 Å². The van der Waals surface area contributed by atoms with Crippen LogP contribution in [-0.4, -0.2) is 59.7 Å². The lowest BCUT2D eigenvalue weighted by molar-refractivity contribution is 0.477. The fourth-order valence-electron chi connectivity index (χ4n) is 3.80. The molecule has 30 heavy (non-hydrogen) atoms. The van der Waals surface area contributed by atoms with Gasteiger partial charge in [0, 0.05) is 51.4 Å². The Morgan fingerprint density at radius 3 is 2.77 bits per heavy atom. The number of guanidine groups is 1. The first-order chi connectivity index (χ1) is 14.6. The molecule has 3 rings (SSSR count). The van der Waals surface area contributed by atoms with Crippen molar-refractivity contribution in [3.63, 3.8) is 0 Å². The number of nitrogens with one attached hydrogen (secondary N) is 2. The van der Waals surface area contributed by atoms with Crippen LogP contribution in [0.4, 0.5) is 5.69 Å². The van der Waals surface area contributed by atoms with Gasteiger partial charge < -0.3 is 20.1 Å². The molecule has 8 heteroatoms. The zero-order chi connectivity index (χ0) is 21.3. The number of aliphatic imine (C=N–C) groups is 1. The van der Waals surface area contributed by atoms with E-state index in [1.807, 2.05) is 7.05 Å². The normalized spacial score (nSPS) is 17.0. The highest BCUT2D eigenvalue weighted by Gasteiger charge is 2.23. The fraction of sp³-hybridized carbons (Fsp3) is 0.591. The van der Waals surface area contributed by atoms with Gasteiger partial charge in [-0.3, -0.25) is 4.99 Å². The van der Waals surface area contributed by atoms with Crippen molar-refractivity contribution in [1.82, 2.24) is 25.4 Å². The van der Waals surface area contributed by atoms with E-state index in [1.54, 1.807) is 11.8 Å². The highest BCUT2D eigenvalue weighted by molar-refractivity contribution is 7.98. The summed E-state index contributed by atoms with van der Waals surface area (Å²) in [7, 11) is 1.84. The van der Waals surface area contributed by atoms with Gasteiger partial charge in [-0.15, -0.1) is 10.2 Å². The topological polar surface area (TPSA) is 70.4 Å². The van der Waals surface area contributed by atoms with E-state index in [2.05, 4.69) is 85.7 Å². The second-order valence-electron chi connectivity index (χ2n) is 8.12. The molecule has 1 fully saturated rings. The molecule has 7 nitrogen and oxygen atoms in total. The molecule has 1 aliphatic heterocycles. The number of hydrogen-bond donors (Lipinski definition) is 2.